The lowest BCUT2D eigenvalue weighted by Gasteiger charge is -1.99. The van der Waals surface area contributed by atoms with Crippen LogP contribution in [-0.2, 0) is 0 Å². The molecule has 1 heterocycles. The lowest BCUT2D eigenvalue weighted by molar-refractivity contribution is 1.22. The molecule has 3 heteroatoms. The van der Waals surface area contributed by atoms with Crippen molar-refractivity contribution in [3.8, 4) is 12.3 Å². The van der Waals surface area contributed by atoms with Gasteiger partial charge in [0.2, 0.25) is 0 Å². The summed E-state index contributed by atoms with van der Waals surface area (Å²) in [4.78, 5) is 4.12. The van der Waals surface area contributed by atoms with Gasteiger partial charge in [0.05, 0.1) is 6.54 Å². The summed E-state index contributed by atoms with van der Waals surface area (Å²) < 4.78 is 0.805. The van der Waals surface area contributed by atoms with Gasteiger partial charge in [0.1, 0.15) is 10.4 Å². The average molecular weight is 211 g/mol. The molecule has 1 N–H and O–H groups in total. The van der Waals surface area contributed by atoms with E-state index in [0.717, 1.165) is 10.4 Å². The molecule has 0 bridgehead atoms. The monoisotopic (exact) mass is 210 g/mol. The van der Waals surface area contributed by atoms with Gasteiger partial charge in [-0.05, 0) is 28.1 Å². The van der Waals surface area contributed by atoms with Gasteiger partial charge in [-0.3, -0.25) is 0 Å². The van der Waals surface area contributed by atoms with Crippen molar-refractivity contribution in [3.05, 3.63) is 22.8 Å². The van der Waals surface area contributed by atoms with E-state index >= 15 is 0 Å². The highest BCUT2D eigenvalue weighted by Gasteiger charge is 1.90. The van der Waals surface area contributed by atoms with Gasteiger partial charge < -0.3 is 5.32 Å². The van der Waals surface area contributed by atoms with Crippen molar-refractivity contribution >= 4 is 21.7 Å². The first kappa shape index (κ1) is 8.09. The fourth-order valence-electron chi connectivity index (χ4n) is 0.648. The van der Waals surface area contributed by atoms with Crippen LogP contribution in [0.5, 0.6) is 0 Å². The quantitative estimate of drug-likeness (QED) is 0.596. The van der Waals surface area contributed by atoms with E-state index in [0.29, 0.717) is 6.54 Å². The molecule has 0 saturated heterocycles. The molecule has 0 amide bonds. The van der Waals surface area contributed by atoms with E-state index in [9.17, 15) is 0 Å². The Morgan fingerprint density at radius 1 is 1.64 bits per heavy atom. The van der Waals surface area contributed by atoms with E-state index in [1.165, 1.54) is 0 Å². The highest BCUT2D eigenvalue weighted by molar-refractivity contribution is 9.10. The lowest BCUT2D eigenvalue weighted by Crippen LogP contribution is -1.99. The maximum Gasteiger partial charge on any atom is 0.128 e. The Bertz CT molecular complexity index is 278. The number of rotatable bonds is 2. The average Bonchev–Trinajstić information content (AvgIpc) is 2.01. The number of nitrogens with one attached hydrogen (secondary N) is 1. The second kappa shape index (κ2) is 3.99. The molecule has 0 aliphatic heterocycles. The smallest absolute Gasteiger partial charge is 0.128 e. The Morgan fingerprint density at radius 2 is 2.45 bits per heavy atom. The molecule has 11 heavy (non-hydrogen) atoms. The molecule has 0 radical (unpaired) electrons. The minimum absolute atomic E-state index is 0.503. The number of terminal acetylenes is 1. The number of pyridine rings is 1. The van der Waals surface area contributed by atoms with Crippen molar-refractivity contribution in [2.45, 2.75) is 0 Å². The van der Waals surface area contributed by atoms with Crippen molar-refractivity contribution in [3.63, 3.8) is 0 Å². The highest BCUT2D eigenvalue weighted by Crippen LogP contribution is 2.09. The number of halogens is 1. The molecule has 0 aliphatic carbocycles. The normalized spacial score (nSPS) is 8.73. The van der Waals surface area contributed by atoms with Crippen LogP contribution in [-0.4, -0.2) is 11.5 Å². The largest absolute Gasteiger partial charge is 0.359 e. The third-order valence-electron chi connectivity index (χ3n) is 1.09. The zero-order valence-electron chi connectivity index (χ0n) is 5.84. The molecule has 0 aromatic carbocycles. The van der Waals surface area contributed by atoms with Gasteiger partial charge in [0.25, 0.3) is 0 Å². The Morgan fingerprint density at radius 3 is 3.09 bits per heavy atom. The summed E-state index contributed by atoms with van der Waals surface area (Å²) in [6.45, 7) is 0.503. The molecule has 0 spiro atoms. The fourth-order valence-corrected chi connectivity index (χ4v) is 0.992. The zero-order valence-corrected chi connectivity index (χ0v) is 7.43. The number of anilines is 1. The summed E-state index contributed by atoms with van der Waals surface area (Å²) in [5.74, 6) is 3.26. The van der Waals surface area contributed by atoms with Crippen molar-refractivity contribution < 1.29 is 0 Å². The maximum atomic E-state index is 5.06. The third kappa shape index (κ3) is 2.60. The van der Waals surface area contributed by atoms with E-state index < -0.39 is 0 Å². The van der Waals surface area contributed by atoms with Crippen LogP contribution in [0.2, 0.25) is 0 Å². The fraction of sp³-hybridized carbons (Fsp3) is 0.125. The molecule has 0 unspecified atom stereocenters. The van der Waals surface area contributed by atoms with E-state index in [4.69, 9.17) is 6.42 Å². The first-order valence-corrected chi connectivity index (χ1v) is 3.92. The van der Waals surface area contributed by atoms with Crippen molar-refractivity contribution in [2.24, 2.45) is 0 Å². The lowest BCUT2D eigenvalue weighted by atomic mass is 10.4. The van der Waals surface area contributed by atoms with Gasteiger partial charge in [-0.25, -0.2) is 4.98 Å². The molecular weight excluding hydrogens is 204 g/mol. The summed E-state index contributed by atoms with van der Waals surface area (Å²) in [5.41, 5.74) is 0. The molecular formula is C8H7BrN2. The number of hydrogen-bond acceptors (Lipinski definition) is 2. The van der Waals surface area contributed by atoms with E-state index in [-0.39, 0.29) is 0 Å². The van der Waals surface area contributed by atoms with Gasteiger partial charge in [0, 0.05) is 0 Å². The van der Waals surface area contributed by atoms with Gasteiger partial charge >= 0.3 is 0 Å². The zero-order chi connectivity index (χ0) is 8.10. The van der Waals surface area contributed by atoms with Crippen LogP contribution < -0.4 is 5.32 Å². The summed E-state index contributed by atoms with van der Waals surface area (Å²) >= 11 is 3.25. The van der Waals surface area contributed by atoms with Crippen LogP contribution in [0.15, 0.2) is 22.8 Å². The minimum Gasteiger partial charge on any atom is -0.359 e. The predicted octanol–water partition coefficient (Wildman–Crippen LogP) is 1.89. The van der Waals surface area contributed by atoms with Crippen LogP contribution in [0.4, 0.5) is 5.82 Å². The van der Waals surface area contributed by atoms with Crippen LogP contribution in [0.25, 0.3) is 0 Å². The molecule has 1 aromatic heterocycles. The van der Waals surface area contributed by atoms with Crippen LogP contribution in [0.1, 0.15) is 0 Å². The third-order valence-corrected chi connectivity index (χ3v) is 1.53. The van der Waals surface area contributed by atoms with Gasteiger partial charge in [-0.1, -0.05) is 12.0 Å². The molecule has 0 saturated carbocycles. The van der Waals surface area contributed by atoms with Crippen molar-refractivity contribution in [2.75, 3.05) is 11.9 Å². The van der Waals surface area contributed by atoms with E-state index in [1.807, 2.05) is 18.2 Å². The van der Waals surface area contributed by atoms with Crippen molar-refractivity contribution in [1.82, 2.24) is 4.98 Å². The second-order valence-corrected chi connectivity index (χ2v) is 2.72. The summed E-state index contributed by atoms with van der Waals surface area (Å²) in [6.07, 6.45) is 5.06. The molecule has 0 fully saturated rings. The Labute approximate surface area is 74.2 Å². The molecule has 0 atom stereocenters. The van der Waals surface area contributed by atoms with Crippen molar-refractivity contribution in [1.29, 1.82) is 0 Å². The van der Waals surface area contributed by atoms with Gasteiger partial charge in [-0.2, -0.15) is 0 Å². The molecule has 0 aliphatic rings. The predicted molar refractivity (Wildman–Crippen MR) is 49.3 cm³/mol. The standard InChI is InChI=1S/C8H7BrN2/c1-2-6-10-8-5-3-4-7(9)11-8/h1,3-5H,6H2,(H,10,11). The Balaban J connectivity index is 2.65. The summed E-state index contributed by atoms with van der Waals surface area (Å²) in [5, 5.41) is 2.96. The summed E-state index contributed by atoms with van der Waals surface area (Å²) in [6, 6.07) is 5.62. The maximum absolute atomic E-state index is 5.06. The first-order chi connectivity index (χ1) is 5.33. The van der Waals surface area contributed by atoms with Crippen LogP contribution in [0, 0.1) is 12.3 Å². The molecule has 1 aromatic rings. The number of hydrogen-bond donors (Lipinski definition) is 1. The first-order valence-electron chi connectivity index (χ1n) is 3.13. The van der Waals surface area contributed by atoms with E-state index in [2.05, 4.69) is 32.2 Å². The number of aromatic nitrogens is 1. The molecule has 2 nitrogen and oxygen atoms in total. The van der Waals surface area contributed by atoms with Gasteiger partial charge in [-0.15, -0.1) is 6.42 Å². The highest BCUT2D eigenvalue weighted by atomic mass is 79.9. The Kier molecular flexibility index (Phi) is 2.94. The molecule has 1 rings (SSSR count). The van der Waals surface area contributed by atoms with Crippen LogP contribution in [0.3, 0.4) is 0 Å². The van der Waals surface area contributed by atoms with E-state index in [1.54, 1.807) is 0 Å². The SMILES string of the molecule is C#CCNc1cccc(Br)n1. The topological polar surface area (TPSA) is 24.9 Å². The minimum atomic E-state index is 0.503. The molecule has 56 valence electrons. The van der Waals surface area contributed by atoms with Gasteiger partial charge in [0.15, 0.2) is 0 Å². The second-order valence-electron chi connectivity index (χ2n) is 1.90. The Hall–Kier alpha value is -1.01. The number of nitrogens with zero attached hydrogens (tertiary/aromatic N) is 1. The van der Waals surface area contributed by atoms with Crippen LogP contribution >= 0.6 is 15.9 Å². The summed E-state index contributed by atoms with van der Waals surface area (Å²) in [7, 11) is 0.